The monoisotopic (exact) mass is 237 g/mol. The predicted octanol–water partition coefficient (Wildman–Crippen LogP) is 3.50. The molecule has 0 saturated carbocycles. The van der Waals surface area contributed by atoms with E-state index < -0.39 is 0 Å². The van der Waals surface area contributed by atoms with E-state index in [1.165, 1.54) is 0 Å². The summed E-state index contributed by atoms with van der Waals surface area (Å²) in [5.41, 5.74) is 3.74. The Hall–Kier alpha value is -2.16. The number of furan rings is 1. The molecular weight excluding hydrogens is 226 g/mol. The number of hydrogen-bond acceptors (Lipinski definition) is 3. The van der Waals surface area contributed by atoms with Gasteiger partial charge in [-0.2, -0.15) is 0 Å². The van der Waals surface area contributed by atoms with Crippen LogP contribution in [-0.4, -0.2) is 10.8 Å². The van der Waals surface area contributed by atoms with Crippen molar-refractivity contribution in [3.05, 3.63) is 41.9 Å². The molecule has 0 radical (unpaired) electrons. The Kier molecular flexibility index (Phi) is 1.87. The lowest BCUT2D eigenvalue weighted by atomic mass is 9.88. The van der Waals surface area contributed by atoms with Gasteiger partial charge in [0, 0.05) is 22.8 Å². The molecule has 1 aromatic carbocycles. The topological polar surface area (TPSA) is 43.1 Å². The van der Waals surface area contributed by atoms with E-state index in [2.05, 4.69) is 4.98 Å². The van der Waals surface area contributed by atoms with Crippen LogP contribution in [0.15, 0.2) is 35.1 Å². The Morgan fingerprint density at radius 3 is 3.00 bits per heavy atom. The number of benzene rings is 1. The number of rotatable bonds is 0. The molecule has 0 aliphatic heterocycles. The lowest BCUT2D eigenvalue weighted by molar-refractivity contribution is 0.0974. The molecule has 0 fully saturated rings. The molecule has 3 aromatic rings. The third-order valence-electron chi connectivity index (χ3n) is 3.65. The molecule has 2 heterocycles. The highest BCUT2D eigenvalue weighted by Gasteiger charge is 2.20. The molecule has 3 nitrogen and oxygen atoms in total. The van der Waals surface area contributed by atoms with E-state index in [1.54, 1.807) is 12.5 Å². The Morgan fingerprint density at radius 2 is 2.06 bits per heavy atom. The third kappa shape index (κ3) is 1.24. The smallest absolute Gasteiger partial charge is 0.163 e. The lowest BCUT2D eigenvalue weighted by Crippen LogP contribution is -2.11. The molecule has 18 heavy (non-hydrogen) atoms. The van der Waals surface area contributed by atoms with Gasteiger partial charge in [0.25, 0.3) is 0 Å². The van der Waals surface area contributed by atoms with E-state index in [0.29, 0.717) is 6.42 Å². The summed E-state index contributed by atoms with van der Waals surface area (Å²) in [5, 5.41) is 1.92. The zero-order valence-electron chi connectivity index (χ0n) is 9.77. The second-order valence-corrected chi connectivity index (χ2v) is 4.78. The minimum atomic E-state index is 0.242. The van der Waals surface area contributed by atoms with Crippen molar-refractivity contribution < 1.29 is 9.21 Å². The molecule has 0 atom stereocenters. The molecule has 2 aromatic heterocycles. The molecule has 0 unspecified atom stereocenters. The van der Waals surface area contributed by atoms with E-state index in [4.69, 9.17) is 4.42 Å². The van der Waals surface area contributed by atoms with Gasteiger partial charge in [0.15, 0.2) is 5.78 Å². The fourth-order valence-corrected chi connectivity index (χ4v) is 2.78. The number of aryl methyl sites for hydroxylation is 1. The summed E-state index contributed by atoms with van der Waals surface area (Å²) in [6, 6.07) is 6.05. The largest absolute Gasteiger partial charge is 0.470 e. The summed E-state index contributed by atoms with van der Waals surface area (Å²) in [6.07, 6.45) is 5.90. The summed E-state index contributed by atoms with van der Waals surface area (Å²) in [4.78, 5) is 16.7. The first kappa shape index (κ1) is 9.83. The first-order chi connectivity index (χ1) is 8.83. The van der Waals surface area contributed by atoms with Crippen LogP contribution in [0.1, 0.15) is 28.8 Å². The summed E-state index contributed by atoms with van der Waals surface area (Å²) in [6.45, 7) is 0. The van der Waals surface area contributed by atoms with Crippen molar-refractivity contribution >= 4 is 27.6 Å². The minimum absolute atomic E-state index is 0.242. The Bertz CT molecular complexity index is 786. The Balaban J connectivity index is 2.17. The predicted molar refractivity (Wildman–Crippen MR) is 68.8 cm³/mol. The van der Waals surface area contributed by atoms with Crippen molar-refractivity contribution in [2.24, 2.45) is 0 Å². The van der Waals surface area contributed by atoms with Crippen molar-refractivity contribution in [3.8, 4) is 0 Å². The maximum absolute atomic E-state index is 12.1. The minimum Gasteiger partial charge on any atom is -0.470 e. The van der Waals surface area contributed by atoms with Gasteiger partial charge in [0.05, 0.1) is 11.8 Å². The Labute approximate surface area is 103 Å². The van der Waals surface area contributed by atoms with Gasteiger partial charge in [-0.25, -0.2) is 4.98 Å². The SMILES string of the molecule is O=C1CCCc2ccc3nc4cocc4cc3c21. The molecule has 0 amide bonds. The summed E-state index contributed by atoms with van der Waals surface area (Å²) < 4.78 is 5.16. The molecule has 1 aliphatic rings. The van der Waals surface area contributed by atoms with Crippen LogP contribution in [0.5, 0.6) is 0 Å². The van der Waals surface area contributed by atoms with Gasteiger partial charge < -0.3 is 4.42 Å². The highest BCUT2D eigenvalue weighted by Crippen LogP contribution is 2.30. The van der Waals surface area contributed by atoms with Gasteiger partial charge in [-0.3, -0.25) is 4.79 Å². The fourth-order valence-electron chi connectivity index (χ4n) is 2.78. The molecule has 0 N–H and O–H groups in total. The summed E-state index contributed by atoms with van der Waals surface area (Å²) >= 11 is 0. The number of carbonyl (C=O) groups excluding carboxylic acids is 1. The van der Waals surface area contributed by atoms with Crippen LogP contribution in [-0.2, 0) is 6.42 Å². The van der Waals surface area contributed by atoms with E-state index in [-0.39, 0.29) is 5.78 Å². The normalized spacial score (nSPS) is 15.2. The lowest BCUT2D eigenvalue weighted by Gasteiger charge is -2.16. The number of nitrogens with zero attached hydrogens (tertiary/aromatic N) is 1. The van der Waals surface area contributed by atoms with E-state index in [1.807, 2.05) is 18.2 Å². The van der Waals surface area contributed by atoms with Crippen LogP contribution in [0, 0.1) is 0 Å². The number of pyridine rings is 1. The molecule has 1 aliphatic carbocycles. The van der Waals surface area contributed by atoms with Crippen LogP contribution in [0.3, 0.4) is 0 Å². The maximum atomic E-state index is 12.1. The van der Waals surface area contributed by atoms with Gasteiger partial charge in [0.1, 0.15) is 11.8 Å². The van der Waals surface area contributed by atoms with E-state index in [9.17, 15) is 4.79 Å². The number of carbonyl (C=O) groups is 1. The van der Waals surface area contributed by atoms with Crippen molar-refractivity contribution in [1.82, 2.24) is 4.98 Å². The second-order valence-electron chi connectivity index (χ2n) is 4.78. The average Bonchev–Trinajstić information content (AvgIpc) is 2.83. The van der Waals surface area contributed by atoms with Crippen molar-refractivity contribution in [3.63, 3.8) is 0 Å². The van der Waals surface area contributed by atoms with Crippen molar-refractivity contribution in [2.45, 2.75) is 19.3 Å². The quantitative estimate of drug-likeness (QED) is 0.601. The van der Waals surface area contributed by atoms with Crippen LogP contribution >= 0.6 is 0 Å². The number of hydrogen-bond donors (Lipinski definition) is 0. The van der Waals surface area contributed by atoms with Gasteiger partial charge in [0.2, 0.25) is 0 Å². The molecular formula is C15H11NO2. The molecule has 88 valence electrons. The third-order valence-corrected chi connectivity index (χ3v) is 3.65. The van der Waals surface area contributed by atoms with Crippen LogP contribution in [0.2, 0.25) is 0 Å². The standard InChI is InChI=1S/C15H11NO2/c17-14-3-1-2-9-4-5-12-11(15(9)14)6-10-7-18-8-13(10)16-12/h4-8H,1-3H2. The van der Waals surface area contributed by atoms with Gasteiger partial charge in [-0.15, -0.1) is 0 Å². The van der Waals surface area contributed by atoms with E-state index >= 15 is 0 Å². The number of Topliss-reactive ketones (excluding diaryl/α,β-unsaturated/α-hetero) is 1. The number of ketones is 1. The molecule has 0 saturated heterocycles. The van der Waals surface area contributed by atoms with Crippen molar-refractivity contribution in [2.75, 3.05) is 0 Å². The van der Waals surface area contributed by atoms with Crippen molar-refractivity contribution in [1.29, 1.82) is 0 Å². The Morgan fingerprint density at radius 1 is 1.11 bits per heavy atom. The molecule has 3 heteroatoms. The first-order valence-electron chi connectivity index (χ1n) is 6.15. The summed E-state index contributed by atoms with van der Waals surface area (Å²) in [5.74, 6) is 0.242. The molecule has 0 bridgehead atoms. The van der Waals surface area contributed by atoms with Gasteiger partial charge in [-0.05, 0) is 30.5 Å². The molecule has 0 spiro atoms. The van der Waals surface area contributed by atoms with Crippen LogP contribution in [0.4, 0.5) is 0 Å². The molecule has 4 rings (SSSR count). The van der Waals surface area contributed by atoms with Gasteiger partial charge in [-0.1, -0.05) is 6.07 Å². The van der Waals surface area contributed by atoms with E-state index in [0.717, 1.165) is 45.8 Å². The summed E-state index contributed by atoms with van der Waals surface area (Å²) in [7, 11) is 0. The van der Waals surface area contributed by atoms with Gasteiger partial charge >= 0.3 is 0 Å². The highest BCUT2D eigenvalue weighted by atomic mass is 16.3. The number of fused-ring (bicyclic) bond motifs is 4. The maximum Gasteiger partial charge on any atom is 0.163 e. The van der Waals surface area contributed by atoms with Crippen LogP contribution < -0.4 is 0 Å². The second kappa shape index (κ2) is 3.42. The zero-order valence-corrected chi connectivity index (χ0v) is 9.77. The first-order valence-corrected chi connectivity index (χ1v) is 6.15. The highest BCUT2D eigenvalue weighted by molar-refractivity contribution is 6.11. The average molecular weight is 237 g/mol. The van der Waals surface area contributed by atoms with Crippen LogP contribution in [0.25, 0.3) is 21.8 Å². The zero-order chi connectivity index (χ0) is 12.1. The fraction of sp³-hybridized carbons (Fsp3) is 0.200. The number of aromatic nitrogens is 1.